The molecule has 3 rings (SSSR count). The van der Waals surface area contributed by atoms with Crippen molar-refractivity contribution in [1.82, 2.24) is 15.5 Å². The number of rotatable bonds is 10. The van der Waals surface area contributed by atoms with Crippen molar-refractivity contribution in [2.24, 2.45) is 5.41 Å². The molecule has 0 saturated carbocycles. The van der Waals surface area contributed by atoms with E-state index in [9.17, 15) is 24.3 Å². The fraction of sp³-hybridized carbons (Fsp3) is 0.484. The van der Waals surface area contributed by atoms with Crippen molar-refractivity contribution in [2.75, 3.05) is 31.6 Å². The molecule has 0 unspecified atom stereocenters. The van der Waals surface area contributed by atoms with Crippen LogP contribution in [0.2, 0.25) is 5.02 Å². The van der Waals surface area contributed by atoms with Gasteiger partial charge < -0.3 is 30.1 Å². The van der Waals surface area contributed by atoms with Crippen LogP contribution in [-0.4, -0.2) is 72.0 Å². The molecule has 1 heterocycles. The summed E-state index contributed by atoms with van der Waals surface area (Å²) in [4.78, 5) is 53.1. The monoisotopic (exact) mass is 616 g/mol. The molecule has 4 amide bonds. The molecule has 0 aromatic heterocycles. The number of aliphatic hydroxyl groups is 1. The molecule has 1 saturated heterocycles. The van der Waals surface area contributed by atoms with Crippen molar-refractivity contribution in [3.63, 3.8) is 0 Å². The van der Waals surface area contributed by atoms with Gasteiger partial charge in [0.2, 0.25) is 11.8 Å². The Morgan fingerprint density at radius 1 is 1.02 bits per heavy atom. The smallest absolute Gasteiger partial charge is 0.411 e. The minimum Gasteiger partial charge on any atom is -0.448 e. The Hall–Kier alpha value is -3.83. The highest BCUT2D eigenvalue weighted by molar-refractivity contribution is 6.31. The zero-order valence-electron chi connectivity index (χ0n) is 25.1. The first-order chi connectivity index (χ1) is 20.4. The van der Waals surface area contributed by atoms with Crippen LogP contribution in [-0.2, 0) is 32.0 Å². The fourth-order valence-electron chi connectivity index (χ4n) is 4.63. The predicted octanol–water partition coefficient (Wildman–Crippen LogP) is 4.26. The molecule has 1 aliphatic heterocycles. The van der Waals surface area contributed by atoms with Crippen LogP contribution in [0.25, 0.3) is 0 Å². The van der Waals surface area contributed by atoms with Crippen molar-refractivity contribution in [2.45, 2.75) is 65.1 Å². The van der Waals surface area contributed by atoms with Crippen molar-refractivity contribution in [3.8, 4) is 0 Å². The van der Waals surface area contributed by atoms with E-state index in [0.717, 1.165) is 17.5 Å². The summed E-state index contributed by atoms with van der Waals surface area (Å²) in [6, 6.07) is 13.3. The van der Waals surface area contributed by atoms with Gasteiger partial charge in [0.15, 0.2) is 0 Å². The Bertz CT molecular complexity index is 1270. The number of nitrogens with zero attached hydrogens (tertiary/aromatic N) is 1. The molecule has 0 radical (unpaired) electrons. The van der Waals surface area contributed by atoms with Crippen molar-refractivity contribution in [1.29, 1.82) is 0 Å². The molecule has 2 aromatic carbocycles. The van der Waals surface area contributed by atoms with Crippen LogP contribution in [0.5, 0.6) is 0 Å². The lowest BCUT2D eigenvalue weighted by Crippen LogP contribution is -2.57. The summed E-state index contributed by atoms with van der Waals surface area (Å²) in [7, 11) is 0. The molecule has 4 N–H and O–H groups in total. The van der Waals surface area contributed by atoms with Gasteiger partial charge in [-0.05, 0) is 69.4 Å². The first-order valence-electron chi connectivity index (χ1n) is 14.3. The van der Waals surface area contributed by atoms with Gasteiger partial charge >= 0.3 is 12.2 Å². The molecule has 1 fully saturated rings. The van der Waals surface area contributed by atoms with Crippen molar-refractivity contribution in [3.05, 3.63) is 64.7 Å². The van der Waals surface area contributed by atoms with Crippen LogP contribution in [0, 0.1) is 5.41 Å². The Labute approximate surface area is 257 Å². The van der Waals surface area contributed by atoms with Crippen LogP contribution >= 0.6 is 11.6 Å². The van der Waals surface area contributed by atoms with Gasteiger partial charge in [-0.25, -0.2) is 9.59 Å². The van der Waals surface area contributed by atoms with Crippen LogP contribution in [0.3, 0.4) is 0 Å². The predicted molar refractivity (Wildman–Crippen MR) is 163 cm³/mol. The third-order valence-electron chi connectivity index (χ3n) is 7.17. The van der Waals surface area contributed by atoms with Crippen molar-refractivity contribution < 1.29 is 33.8 Å². The summed E-state index contributed by atoms with van der Waals surface area (Å²) in [5.41, 5.74) is 0.509. The summed E-state index contributed by atoms with van der Waals surface area (Å²) in [5.74, 6) is -0.849. The minimum absolute atomic E-state index is 0.133. The Kier molecular flexibility index (Phi) is 11.8. The molecule has 1 atom stereocenters. The molecular weight excluding hydrogens is 576 g/mol. The number of ether oxygens (including phenoxy) is 2. The van der Waals surface area contributed by atoms with Gasteiger partial charge in [0, 0.05) is 30.3 Å². The van der Waals surface area contributed by atoms with E-state index in [1.54, 1.807) is 51.1 Å². The van der Waals surface area contributed by atoms with E-state index < -0.39 is 41.8 Å². The van der Waals surface area contributed by atoms with E-state index in [0.29, 0.717) is 10.7 Å². The number of nitrogens with one attached hydrogen (secondary N) is 3. The number of amides is 4. The van der Waals surface area contributed by atoms with Gasteiger partial charge in [-0.15, -0.1) is 0 Å². The SMILES string of the molecule is CCc1ccc(NC(=O)OCC2(C(=O)NCc3ccccc3Cl)CCN(C(=O)[C@@H](CO)NC(=O)OC(C)(C)C)CC2)cc1. The number of likely N-dealkylation sites (tertiary alicyclic amines) is 1. The number of hydrogen-bond acceptors (Lipinski definition) is 7. The standard InChI is InChI=1S/C31H41ClN4O7/c1-5-21-10-12-23(13-11-21)34-28(40)42-20-31(27(39)33-18-22-8-6-7-9-24(22)32)14-16-36(17-15-31)26(38)25(19-37)35-29(41)43-30(2,3)4/h6-13,25,37H,5,14-20H2,1-4H3,(H,33,39)(H,34,40)(H,35,41)/t25-/m1/s1. The first-order valence-corrected chi connectivity index (χ1v) is 14.7. The fourth-order valence-corrected chi connectivity index (χ4v) is 4.84. The van der Waals surface area contributed by atoms with Gasteiger partial charge in [0.25, 0.3) is 0 Å². The second-order valence-corrected chi connectivity index (χ2v) is 11.9. The number of carbonyl (C=O) groups excluding carboxylic acids is 4. The van der Waals surface area contributed by atoms with Gasteiger partial charge in [0.05, 0.1) is 12.0 Å². The quantitative estimate of drug-likeness (QED) is 0.312. The first kappa shape index (κ1) is 33.7. The van der Waals surface area contributed by atoms with E-state index in [4.69, 9.17) is 21.1 Å². The van der Waals surface area contributed by atoms with Crippen LogP contribution in [0.4, 0.5) is 15.3 Å². The van der Waals surface area contributed by atoms with Crippen LogP contribution in [0.1, 0.15) is 51.7 Å². The van der Waals surface area contributed by atoms with Gasteiger partial charge in [-0.3, -0.25) is 14.9 Å². The molecule has 0 spiro atoms. The van der Waals surface area contributed by atoms with Gasteiger partial charge in [-0.2, -0.15) is 0 Å². The van der Waals surface area contributed by atoms with E-state index >= 15 is 0 Å². The number of halogens is 1. The maximum absolute atomic E-state index is 13.6. The largest absolute Gasteiger partial charge is 0.448 e. The lowest BCUT2D eigenvalue weighted by Gasteiger charge is -2.41. The van der Waals surface area contributed by atoms with Crippen molar-refractivity contribution >= 4 is 41.3 Å². The molecule has 12 heteroatoms. The third kappa shape index (κ3) is 9.86. The lowest BCUT2D eigenvalue weighted by atomic mass is 9.78. The highest BCUT2D eigenvalue weighted by Crippen LogP contribution is 2.33. The Morgan fingerprint density at radius 2 is 1.67 bits per heavy atom. The zero-order valence-corrected chi connectivity index (χ0v) is 25.8. The molecule has 0 bridgehead atoms. The third-order valence-corrected chi connectivity index (χ3v) is 7.54. The maximum Gasteiger partial charge on any atom is 0.411 e. The molecule has 0 aliphatic carbocycles. The Balaban J connectivity index is 1.68. The highest BCUT2D eigenvalue weighted by atomic mass is 35.5. The molecule has 234 valence electrons. The van der Waals surface area contributed by atoms with Crippen LogP contribution < -0.4 is 16.0 Å². The molecule has 2 aromatic rings. The summed E-state index contributed by atoms with van der Waals surface area (Å²) in [6.07, 6.45) is -0.310. The molecule has 11 nitrogen and oxygen atoms in total. The molecule has 1 aliphatic rings. The van der Waals surface area contributed by atoms with Crippen LogP contribution in [0.15, 0.2) is 48.5 Å². The topological polar surface area (TPSA) is 146 Å². The normalized spacial score (nSPS) is 15.2. The number of piperidine rings is 1. The molecule has 43 heavy (non-hydrogen) atoms. The summed E-state index contributed by atoms with van der Waals surface area (Å²) >= 11 is 6.26. The number of aryl methyl sites for hydroxylation is 1. The van der Waals surface area contributed by atoms with Gasteiger partial charge in [-0.1, -0.05) is 48.9 Å². The summed E-state index contributed by atoms with van der Waals surface area (Å²) in [5, 5.41) is 18.3. The Morgan fingerprint density at radius 3 is 2.26 bits per heavy atom. The summed E-state index contributed by atoms with van der Waals surface area (Å²) < 4.78 is 10.8. The zero-order chi connectivity index (χ0) is 31.6. The number of benzene rings is 2. The van der Waals surface area contributed by atoms with E-state index in [1.165, 1.54) is 4.90 Å². The van der Waals surface area contributed by atoms with E-state index in [-0.39, 0.29) is 45.0 Å². The number of anilines is 1. The second-order valence-electron chi connectivity index (χ2n) is 11.5. The number of carbonyl (C=O) groups is 4. The average molecular weight is 617 g/mol. The minimum atomic E-state index is -1.21. The highest BCUT2D eigenvalue weighted by Gasteiger charge is 2.44. The molecular formula is C31H41ClN4O7. The number of aliphatic hydroxyl groups excluding tert-OH is 1. The second kappa shape index (κ2) is 15.1. The van der Waals surface area contributed by atoms with E-state index in [2.05, 4.69) is 16.0 Å². The number of alkyl carbamates (subject to hydrolysis) is 1. The van der Waals surface area contributed by atoms with E-state index in [1.807, 2.05) is 25.1 Å². The summed E-state index contributed by atoms with van der Waals surface area (Å²) in [6.45, 7) is 6.69. The maximum atomic E-state index is 13.6. The lowest BCUT2D eigenvalue weighted by molar-refractivity contribution is -0.144. The van der Waals surface area contributed by atoms with Gasteiger partial charge in [0.1, 0.15) is 18.2 Å². The average Bonchev–Trinajstić information content (AvgIpc) is 2.97. The number of hydrogen-bond donors (Lipinski definition) is 4.